The second-order valence-electron chi connectivity index (χ2n) is 4.04. The molecule has 0 aliphatic rings. The first-order chi connectivity index (χ1) is 9.45. The van der Waals surface area contributed by atoms with Crippen LogP contribution in [-0.2, 0) is 6.18 Å². The maximum Gasteiger partial charge on any atom is 0.416 e. The molecule has 3 N–H and O–H groups in total. The number of amides is 1. The summed E-state index contributed by atoms with van der Waals surface area (Å²) in [6.45, 7) is -1.72. The van der Waals surface area contributed by atoms with Gasteiger partial charge in [0.25, 0.3) is 5.91 Å². The molecule has 0 fully saturated rings. The molecule has 0 saturated carbocycles. The third kappa shape index (κ3) is 4.23. The van der Waals surface area contributed by atoms with E-state index in [9.17, 15) is 35.5 Å². The predicted molar refractivity (Wildman–Crippen MR) is 59.1 cm³/mol. The average molecular weight is 318 g/mol. The molecule has 1 rings (SSSR count). The molecule has 3 nitrogen and oxygen atoms in total. The van der Waals surface area contributed by atoms with Crippen LogP contribution in [0.3, 0.4) is 0 Å². The molecule has 21 heavy (non-hydrogen) atoms. The Kier molecular flexibility index (Phi) is 4.69. The lowest BCUT2D eigenvalue weighted by Gasteiger charge is -2.16. The highest BCUT2D eigenvalue weighted by molar-refractivity contribution is 5.99. The molecular formula is C11H9F7N2O. The zero-order valence-corrected chi connectivity index (χ0v) is 10.1. The summed E-state index contributed by atoms with van der Waals surface area (Å²) in [5.41, 5.74) is 2.92. The van der Waals surface area contributed by atoms with Crippen LogP contribution in [0.5, 0.6) is 0 Å². The van der Waals surface area contributed by atoms with Gasteiger partial charge < -0.3 is 11.1 Å². The summed E-state index contributed by atoms with van der Waals surface area (Å²) >= 11 is 0. The van der Waals surface area contributed by atoms with Gasteiger partial charge in [-0.3, -0.25) is 4.79 Å². The number of rotatable bonds is 4. The molecule has 1 amide bonds. The number of anilines is 1. The largest absolute Gasteiger partial charge is 0.416 e. The Morgan fingerprint density at radius 1 is 1.19 bits per heavy atom. The number of benzene rings is 1. The van der Waals surface area contributed by atoms with Gasteiger partial charge in [0.2, 0.25) is 0 Å². The fourth-order valence-electron chi connectivity index (χ4n) is 1.30. The van der Waals surface area contributed by atoms with Crippen molar-refractivity contribution in [2.75, 3.05) is 12.3 Å². The fourth-order valence-corrected chi connectivity index (χ4v) is 1.30. The Morgan fingerprint density at radius 2 is 1.76 bits per heavy atom. The van der Waals surface area contributed by atoms with Crippen LogP contribution in [0, 0.1) is 0 Å². The Balaban J connectivity index is 2.93. The van der Waals surface area contributed by atoms with E-state index in [2.05, 4.69) is 0 Å². The molecule has 0 aromatic heterocycles. The molecule has 0 bridgehead atoms. The number of nitrogens with two attached hydrogens (primary N) is 1. The quantitative estimate of drug-likeness (QED) is 0.662. The van der Waals surface area contributed by atoms with E-state index in [4.69, 9.17) is 5.73 Å². The highest BCUT2D eigenvalue weighted by atomic mass is 19.4. The number of carbonyl (C=O) groups is 1. The fraction of sp³-hybridized carbons (Fsp3) is 0.364. The highest BCUT2D eigenvalue weighted by Gasteiger charge is 2.41. The first kappa shape index (κ1) is 17.1. The van der Waals surface area contributed by atoms with Crippen LogP contribution >= 0.6 is 0 Å². The summed E-state index contributed by atoms with van der Waals surface area (Å²) in [5.74, 6) is -5.90. The Labute approximate surface area is 113 Å². The number of alkyl halides is 7. The van der Waals surface area contributed by atoms with Crippen molar-refractivity contribution in [3.05, 3.63) is 29.3 Å². The van der Waals surface area contributed by atoms with Crippen LogP contribution in [0.4, 0.5) is 36.4 Å². The molecule has 0 atom stereocenters. The van der Waals surface area contributed by atoms with E-state index in [-0.39, 0.29) is 0 Å². The van der Waals surface area contributed by atoms with Crippen molar-refractivity contribution >= 4 is 11.6 Å². The second-order valence-corrected chi connectivity index (χ2v) is 4.04. The van der Waals surface area contributed by atoms with Crippen molar-refractivity contribution in [1.82, 2.24) is 5.32 Å². The third-order valence-corrected chi connectivity index (χ3v) is 2.43. The molecule has 1 aromatic carbocycles. The van der Waals surface area contributed by atoms with Crippen LogP contribution in [0.1, 0.15) is 15.9 Å². The minimum Gasteiger partial charge on any atom is -0.398 e. The molecular weight excluding hydrogens is 309 g/mol. The second kappa shape index (κ2) is 5.78. The maximum atomic E-state index is 12.6. The van der Waals surface area contributed by atoms with Gasteiger partial charge in [0.15, 0.2) is 0 Å². The van der Waals surface area contributed by atoms with Gasteiger partial charge in [-0.05, 0) is 18.2 Å². The Morgan fingerprint density at radius 3 is 2.24 bits per heavy atom. The monoisotopic (exact) mass is 318 g/mol. The summed E-state index contributed by atoms with van der Waals surface area (Å²) in [6, 6.07) is 1.72. The van der Waals surface area contributed by atoms with Crippen molar-refractivity contribution in [1.29, 1.82) is 0 Å². The Bertz CT molecular complexity index is 528. The van der Waals surface area contributed by atoms with Crippen LogP contribution < -0.4 is 11.1 Å². The van der Waals surface area contributed by atoms with E-state index < -0.39 is 47.8 Å². The first-order valence-electron chi connectivity index (χ1n) is 5.36. The predicted octanol–water partition coefficient (Wildman–Crippen LogP) is 2.92. The first-order valence-corrected chi connectivity index (χ1v) is 5.36. The van der Waals surface area contributed by atoms with Crippen molar-refractivity contribution in [3.63, 3.8) is 0 Å². The smallest absolute Gasteiger partial charge is 0.398 e. The van der Waals surface area contributed by atoms with E-state index in [1.165, 1.54) is 5.32 Å². The number of hydrogen-bond acceptors (Lipinski definition) is 2. The van der Waals surface area contributed by atoms with Gasteiger partial charge in [0, 0.05) is 5.69 Å². The number of nitrogens with one attached hydrogen (secondary N) is 1. The molecule has 10 heteroatoms. The number of hydrogen-bond donors (Lipinski definition) is 2. The molecule has 118 valence electrons. The molecule has 0 aliphatic carbocycles. The van der Waals surface area contributed by atoms with Gasteiger partial charge >= 0.3 is 18.5 Å². The zero-order chi connectivity index (χ0) is 16.4. The molecule has 0 spiro atoms. The topological polar surface area (TPSA) is 55.1 Å². The number of nitrogen functional groups attached to an aromatic ring is 1. The van der Waals surface area contributed by atoms with Crippen molar-refractivity contribution in [3.8, 4) is 0 Å². The summed E-state index contributed by atoms with van der Waals surface area (Å²) < 4.78 is 86.4. The summed E-state index contributed by atoms with van der Waals surface area (Å²) in [5, 5.41) is 1.42. The van der Waals surface area contributed by atoms with Crippen molar-refractivity contribution in [2.45, 2.75) is 18.5 Å². The molecule has 0 radical (unpaired) electrons. The SMILES string of the molecule is Nc1ccc(C(F)(F)F)cc1C(=O)NCC(F)(F)C(F)F. The van der Waals surface area contributed by atoms with E-state index in [1.54, 1.807) is 0 Å². The number of halogens is 7. The van der Waals surface area contributed by atoms with Gasteiger partial charge in [-0.25, -0.2) is 8.78 Å². The number of carbonyl (C=O) groups excluding carboxylic acids is 1. The van der Waals surface area contributed by atoms with Gasteiger partial charge in [-0.1, -0.05) is 0 Å². The summed E-state index contributed by atoms with van der Waals surface area (Å²) in [7, 11) is 0. The molecule has 1 aromatic rings. The molecule has 0 heterocycles. The van der Waals surface area contributed by atoms with E-state index >= 15 is 0 Å². The van der Waals surface area contributed by atoms with Crippen LogP contribution in [0.15, 0.2) is 18.2 Å². The normalized spacial score (nSPS) is 12.6. The lowest BCUT2D eigenvalue weighted by molar-refractivity contribution is -0.137. The lowest BCUT2D eigenvalue weighted by Crippen LogP contribution is -2.41. The molecule has 0 aliphatic heterocycles. The molecule has 0 unspecified atom stereocenters. The lowest BCUT2D eigenvalue weighted by atomic mass is 10.1. The Hall–Kier alpha value is -2.00. The highest BCUT2D eigenvalue weighted by Crippen LogP contribution is 2.31. The zero-order valence-electron chi connectivity index (χ0n) is 10.1. The van der Waals surface area contributed by atoms with Crippen LogP contribution in [0.2, 0.25) is 0 Å². The minimum absolute atomic E-state index is 0.352. The van der Waals surface area contributed by atoms with Gasteiger partial charge in [-0.2, -0.15) is 22.0 Å². The van der Waals surface area contributed by atoms with E-state index in [0.29, 0.717) is 12.1 Å². The van der Waals surface area contributed by atoms with Gasteiger partial charge in [0.1, 0.15) is 0 Å². The van der Waals surface area contributed by atoms with Crippen LogP contribution in [-0.4, -0.2) is 24.8 Å². The third-order valence-electron chi connectivity index (χ3n) is 2.43. The molecule has 0 saturated heterocycles. The summed E-state index contributed by atoms with van der Waals surface area (Å²) in [4.78, 5) is 11.5. The van der Waals surface area contributed by atoms with Gasteiger partial charge in [0.05, 0.1) is 17.7 Å². The average Bonchev–Trinajstić information content (AvgIpc) is 2.35. The standard InChI is InChI=1S/C11H9F7N2O/c12-9(13)10(14,15)4-20-8(21)6-3-5(11(16,17)18)1-2-7(6)19/h1-3,9H,4,19H2,(H,20,21). The van der Waals surface area contributed by atoms with E-state index in [1.807, 2.05) is 0 Å². The minimum atomic E-state index is -4.77. The maximum absolute atomic E-state index is 12.6. The van der Waals surface area contributed by atoms with Gasteiger partial charge in [-0.15, -0.1) is 0 Å². The van der Waals surface area contributed by atoms with Crippen molar-refractivity contribution < 1.29 is 35.5 Å². The van der Waals surface area contributed by atoms with Crippen molar-refractivity contribution in [2.24, 2.45) is 0 Å². The van der Waals surface area contributed by atoms with Crippen LogP contribution in [0.25, 0.3) is 0 Å². The summed E-state index contributed by atoms with van der Waals surface area (Å²) in [6.07, 6.45) is -8.79. The van der Waals surface area contributed by atoms with E-state index in [0.717, 1.165) is 6.07 Å².